The number of rotatable bonds is 10. The molecule has 1 amide bonds. The van der Waals surface area contributed by atoms with Crippen LogP contribution in [0.15, 0.2) is 84.9 Å². The van der Waals surface area contributed by atoms with E-state index in [0.29, 0.717) is 24.5 Å². The predicted molar refractivity (Wildman–Crippen MR) is 125 cm³/mol. The van der Waals surface area contributed by atoms with Gasteiger partial charge in [0.1, 0.15) is 12.4 Å². The summed E-state index contributed by atoms with van der Waals surface area (Å²) in [6, 6.07) is 25.2. The number of carboxylic acids is 1. The van der Waals surface area contributed by atoms with Gasteiger partial charge in [-0.2, -0.15) is 0 Å². The van der Waals surface area contributed by atoms with E-state index in [1.807, 2.05) is 72.8 Å². The lowest BCUT2D eigenvalue weighted by Gasteiger charge is -2.18. The zero-order valence-corrected chi connectivity index (χ0v) is 18.1. The van der Waals surface area contributed by atoms with Gasteiger partial charge < -0.3 is 14.7 Å². The van der Waals surface area contributed by atoms with Crippen LogP contribution in [0.2, 0.25) is 0 Å². The average molecular weight is 430 g/mol. The topological polar surface area (TPSA) is 66.8 Å². The van der Waals surface area contributed by atoms with Crippen LogP contribution in [0.5, 0.6) is 5.75 Å². The van der Waals surface area contributed by atoms with E-state index in [1.165, 1.54) is 11.6 Å². The number of ether oxygens (including phenoxy) is 1. The highest BCUT2D eigenvalue weighted by atomic mass is 16.5. The molecule has 0 saturated heterocycles. The van der Waals surface area contributed by atoms with Crippen molar-refractivity contribution in [2.75, 3.05) is 13.6 Å². The summed E-state index contributed by atoms with van der Waals surface area (Å²) in [6.07, 6.45) is 3.60. The SMILES string of the molecule is CN(CCc1ccccc1)C(=O)Cc1ccc(OCc2ccccc2)c(/C=C/C(=O)O)c1. The molecule has 0 heterocycles. The molecule has 0 aliphatic heterocycles. The molecule has 0 unspecified atom stereocenters. The molecule has 164 valence electrons. The Morgan fingerprint density at radius 3 is 2.22 bits per heavy atom. The van der Waals surface area contributed by atoms with E-state index in [2.05, 4.69) is 0 Å². The van der Waals surface area contributed by atoms with E-state index in [0.717, 1.165) is 23.6 Å². The van der Waals surface area contributed by atoms with Gasteiger partial charge in [0.15, 0.2) is 0 Å². The predicted octanol–water partition coefficient (Wildman–Crippen LogP) is 4.61. The second-order valence-electron chi connectivity index (χ2n) is 7.55. The summed E-state index contributed by atoms with van der Waals surface area (Å²) < 4.78 is 5.91. The number of likely N-dealkylation sites (N-methyl/N-ethyl adjacent to an activating group) is 1. The Bertz CT molecular complexity index is 1060. The van der Waals surface area contributed by atoms with Crippen LogP contribution < -0.4 is 4.74 Å². The standard InChI is InChI=1S/C27H27NO4/c1-28(17-16-21-8-4-2-5-9-21)26(29)19-23-12-14-25(24(18-23)13-15-27(30)31)32-20-22-10-6-3-7-11-22/h2-15,18H,16-17,19-20H2,1H3,(H,30,31)/b15-13+. The van der Waals surface area contributed by atoms with Crippen LogP contribution in [0, 0.1) is 0 Å². The number of hydrogen-bond donors (Lipinski definition) is 1. The van der Waals surface area contributed by atoms with Crippen LogP contribution in [0.3, 0.4) is 0 Å². The second kappa shape index (κ2) is 11.5. The molecule has 0 radical (unpaired) electrons. The Labute approximate surface area is 188 Å². The van der Waals surface area contributed by atoms with E-state index in [4.69, 9.17) is 9.84 Å². The number of carboxylic acid groups (broad SMARTS) is 1. The molecule has 0 fully saturated rings. The van der Waals surface area contributed by atoms with Crippen LogP contribution in [0.25, 0.3) is 6.08 Å². The molecule has 3 rings (SSSR count). The van der Waals surface area contributed by atoms with Crippen LogP contribution in [0.1, 0.15) is 22.3 Å². The minimum Gasteiger partial charge on any atom is -0.488 e. The van der Waals surface area contributed by atoms with Crippen LogP contribution in [0.4, 0.5) is 0 Å². The molecule has 0 bridgehead atoms. The molecule has 0 aliphatic rings. The Hall–Kier alpha value is -3.86. The molecule has 0 spiro atoms. The van der Waals surface area contributed by atoms with Gasteiger partial charge in [0.2, 0.25) is 5.91 Å². The third-order valence-corrected chi connectivity index (χ3v) is 5.08. The van der Waals surface area contributed by atoms with Crippen molar-refractivity contribution in [2.45, 2.75) is 19.4 Å². The van der Waals surface area contributed by atoms with Crippen molar-refractivity contribution in [3.05, 3.63) is 107 Å². The number of carbonyl (C=O) groups is 2. The molecule has 3 aromatic carbocycles. The Morgan fingerprint density at radius 1 is 0.906 bits per heavy atom. The minimum atomic E-state index is -1.04. The molecular weight excluding hydrogens is 402 g/mol. The van der Waals surface area contributed by atoms with Gasteiger partial charge in [0.25, 0.3) is 0 Å². The Balaban J connectivity index is 1.66. The van der Waals surface area contributed by atoms with Gasteiger partial charge >= 0.3 is 5.97 Å². The van der Waals surface area contributed by atoms with Gasteiger partial charge in [0, 0.05) is 25.2 Å². The van der Waals surface area contributed by atoms with Crippen LogP contribution >= 0.6 is 0 Å². The first kappa shape index (κ1) is 22.8. The van der Waals surface area contributed by atoms with E-state index in [9.17, 15) is 9.59 Å². The van der Waals surface area contributed by atoms with Crippen molar-refractivity contribution in [1.29, 1.82) is 0 Å². The summed E-state index contributed by atoms with van der Waals surface area (Å²) in [6.45, 7) is 1.00. The number of benzene rings is 3. The maximum Gasteiger partial charge on any atom is 0.328 e. The molecule has 3 aromatic rings. The summed E-state index contributed by atoms with van der Waals surface area (Å²) in [5, 5.41) is 9.03. The number of carbonyl (C=O) groups excluding carboxylic acids is 1. The minimum absolute atomic E-state index is 0.00653. The van der Waals surface area contributed by atoms with E-state index < -0.39 is 5.97 Å². The largest absolute Gasteiger partial charge is 0.488 e. The maximum absolute atomic E-state index is 12.7. The highest BCUT2D eigenvalue weighted by Crippen LogP contribution is 2.24. The highest BCUT2D eigenvalue weighted by molar-refractivity contribution is 5.86. The molecule has 5 nitrogen and oxygen atoms in total. The van der Waals surface area contributed by atoms with Crippen molar-refractivity contribution in [3.8, 4) is 5.75 Å². The first-order valence-electron chi connectivity index (χ1n) is 10.5. The molecule has 5 heteroatoms. The van der Waals surface area contributed by atoms with Gasteiger partial charge in [-0.3, -0.25) is 4.79 Å². The third-order valence-electron chi connectivity index (χ3n) is 5.08. The Morgan fingerprint density at radius 2 is 1.56 bits per heavy atom. The molecule has 0 atom stereocenters. The summed E-state index contributed by atoms with van der Waals surface area (Å²) in [5.74, 6) is -0.465. The second-order valence-corrected chi connectivity index (χ2v) is 7.55. The lowest BCUT2D eigenvalue weighted by Crippen LogP contribution is -2.30. The van der Waals surface area contributed by atoms with Gasteiger partial charge in [0.05, 0.1) is 6.42 Å². The van der Waals surface area contributed by atoms with E-state index in [-0.39, 0.29) is 12.3 Å². The van der Waals surface area contributed by atoms with E-state index >= 15 is 0 Å². The number of aliphatic carboxylic acids is 1. The fourth-order valence-electron chi connectivity index (χ4n) is 3.24. The van der Waals surface area contributed by atoms with Crippen molar-refractivity contribution in [3.63, 3.8) is 0 Å². The monoisotopic (exact) mass is 429 g/mol. The smallest absolute Gasteiger partial charge is 0.328 e. The first-order chi connectivity index (χ1) is 15.5. The van der Waals surface area contributed by atoms with Gasteiger partial charge in [-0.15, -0.1) is 0 Å². The summed E-state index contributed by atoms with van der Waals surface area (Å²) in [7, 11) is 1.80. The molecule has 1 N–H and O–H groups in total. The fraction of sp³-hybridized carbons (Fsp3) is 0.185. The molecule has 0 aliphatic carbocycles. The van der Waals surface area contributed by atoms with Crippen LogP contribution in [-0.2, 0) is 29.0 Å². The van der Waals surface area contributed by atoms with Gasteiger partial charge in [-0.05, 0) is 41.3 Å². The fourth-order valence-corrected chi connectivity index (χ4v) is 3.24. The quantitative estimate of drug-likeness (QED) is 0.478. The zero-order chi connectivity index (χ0) is 22.8. The first-order valence-corrected chi connectivity index (χ1v) is 10.5. The highest BCUT2D eigenvalue weighted by Gasteiger charge is 2.12. The third kappa shape index (κ3) is 7.13. The van der Waals surface area contributed by atoms with Crippen molar-refractivity contribution >= 4 is 18.0 Å². The number of nitrogens with zero attached hydrogens (tertiary/aromatic N) is 1. The summed E-state index contributed by atoms with van der Waals surface area (Å²) in [5.41, 5.74) is 3.63. The lowest BCUT2D eigenvalue weighted by atomic mass is 10.1. The molecule has 32 heavy (non-hydrogen) atoms. The molecule has 0 aromatic heterocycles. The maximum atomic E-state index is 12.7. The molecule has 0 saturated carbocycles. The lowest BCUT2D eigenvalue weighted by molar-refractivity contribution is -0.131. The molecular formula is C27H27NO4. The van der Waals surface area contributed by atoms with Crippen LogP contribution in [-0.4, -0.2) is 35.5 Å². The number of amides is 1. The van der Waals surface area contributed by atoms with Crippen molar-refractivity contribution in [1.82, 2.24) is 4.90 Å². The van der Waals surface area contributed by atoms with Gasteiger partial charge in [-0.25, -0.2) is 4.79 Å². The number of hydrogen-bond acceptors (Lipinski definition) is 3. The van der Waals surface area contributed by atoms with Gasteiger partial charge in [-0.1, -0.05) is 66.7 Å². The van der Waals surface area contributed by atoms with Crippen molar-refractivity contribution in [2.24, 2.45) is 0 Å². The van der Waals surface area contributed by atoms with Crippen molar-refractivity contribution < 1.29 is 19.4 Å². The van der Waals surface area contributed by atoms with E-state index in [1.54, 1.807) is 18.0 Å². The summed E-state index contributed by atoms with van der Waals surface area (Å²) >= 11 is 0. The normalized spacial score (nSPS) is 10.8. The average Bonchev–Trinajstić information content (AvgIpc) is 2.81. The summed E-state index contributed by atoms with van der Waals surface area (Å²) in [4.78, 5) is 25.4. The zero-order valence-electron chi connectivity index (χ0n) is 18.1. The Kier molecular flexibility index (Phi) is 8.21.